The van der Waals surface area contributed by atoms with Crippen molar-refractivity contribution in [2.75, 3.05) is 23.0 Å². The Morgan fingerprint density at radius 3 is 2.74 bits per heavy atom. The van der Waals surface area contributed by atoms with Crippen molar-refractivity contribution < 1.29 is 13.2 Å². The molecule has 4 nitrogen and oxygen atoms in total. The molecule has 1 saturated heterocycles. The van der Waals surface area contributed by atoms with E-state index in [0.29, 0.717) is 18.9 Å². The summed E-state index contributed by atoms with van der Waals surface area (Å²) in [7, 11) is -3.01. The molecule has 1 fully saturated rings. The maximum absolute atomic E-state index is 12.5. The topological polar surface area (TPSA) is 54.5 Å². The Morgan fingerprint density at radius 1 is 1.32 bits per heavy atom. The van der Waals surface area contributed by atoms with Crippen LogP contribution in [-0.4, -0.2) is 32.4 Å². The quantitative estimate of drug-likeness (QED) is 0.784. The second-order valence-electron chi connectivity index (χ2n) is 5.51. The van der Waals surface area contributed by atoms with Crippen LogP contribution in [0.25, 0.3) is 0 Å². The van der Waals surface area contributed by atoms with Gasteiger partial charge in [0.05, 0.1) is 17.4 Å². The van der Waals surface area contributed by atoms with E-state index in [1.165, 1.54) is 5.56 Å². The van der Waals surface area contributed by atoms with E-state index in [-0.39, 0.29) is 23.3 Å². The molecule has 1 amide bonds. The minimum atomic E-state index is -3.01. The van der Waals surface area contributed by atoms with E-state index in [9.17, 15) is 13.2 Å². The number of fused-ring (bicyclic) bond motifs is 1. The van der Waals surface area contributed by atoms with Gasteiger partial charge in [-0.2, -0.15) is 0 Å². The molecule has 2 atom stereocenters. The number of benzene rings is 1. The van der Waals surface area contributed by atoms with Crippen LogP contribution in [-0.2, 0) is 14.6 Å². The first-order chi connectivity index (χ1) is 8.98. The van der Waals surface area contributed by atoms with Crippen molar-refractivity contribution >= 4 is 21.4 Å². The molecule has 5 heteroatoms. The average Bonchev–Trinajstić information content (AvgIpc) is 2.90. The second-order valence-corrected chi connectivity index (χ2v) is 7.74. The van der Waals surface area contributed by atoms with Crippen molar-refractivity contribution in [2.24, 2.45) is 5.92 Å². The molecular weight excluding hydrogens is 262 g/mol. The Balaban J connectivity index is 1.87. The first-order valence-corrected chi connectivity index (χ1v) is 8.41. The predicted molar refractivity (Wildman–Crippen MR) is 74.0 cm³/mol. The van der Waals surface area contributed by atoms with Gasteiger partial charge in [-0.3, -0.25) is 4.79 Å². The number of carbonyl (C=O) groups excluding carboxylic acids is 1. The Hall–Kier alpha value is -1.36. The Morgan fingerprint density at radius 2 is 2.05 bits per heavy atom. The SMILES string of the molecule is C[C@H]1CN(C(=O)[C@H]2CCS(=O)(=O)C2)c2ccccc21. The van der Waals surface area contributed by atoms with Gasteiger partial charge in [-0.15, -0.1) is 0 Å². The molecule has 0 aliphatic carbocycles. The van der Waals surface area contributed by atoms with Gasteiger partial charge < -0.3 is 4.90 Å². The fraction of sp³-hybridized carbons (Fsp3) is 0.500. The van der Waals surface area contributed by atoms with E-state index < -0.39 is 9.84 Å². The fourth-order valence-electron chi connectivity index (χ4n) is 3.04. The normalized spacial score (nSPS) is 28.4. The highest BCUT2D eigenvalue weighted by Gasteiger charge is 2.38. The molecule has 19 heavy (non-hydrogen) atoms. The zero-order chi connectivity index (χ0) is 13.6. The molecule has 0 N–H and O–H groups in total. The lowest BCUT2D eigenvalue weighted by atomic mass is 10.0. The van der Waals surface area contributed by atoms with Crippen LogP contribution in [0, 0.1) is 5.92 Å². The smallest absolute Gasteiger partial charge is 0.231 e. The van der Waals surface area contributed by atoms with E-state index in [0.717, 1.165) is 5.69 Å². The summed E-state index contributed by atoms with van der Waals surface area (Å²) in [6.07, 6.45) is 0.466. The lowest BCUT2D eigenvalue weighted by Crippen LogP contribution is -2.35. The van der Waals surface area contributed by atoms with Crippen LogP contribution >= 0.6 is 0 Å². The summed E-state index contributed by atoms with van der Waals surface area (Å²) < 4.78 is 23.0. The van der Waals surface area contributed by atoms with Crippen LogP contribution in [0.5, 0.6) is 0 Å². The largest absolute Gasteiger partial charge is 0.311 e. The monoisotopic (exact) mass is 279 g/mol. The zero-order valence-corrected chi connectivity index (χ0v) is 11.7. The molecule has 2 heterocycles. The molecule has 0 saturated carbocycles. The number of hydrogen-bond donors (Lipinski definition) is 0. The van der Waals surface area contributed by atoms with Gasteiger partial charge in [-0.25, -0.2) is 8.42 Å². The highest BCUT2D eigenvalue weighted by molar-refractivity contribution is 7.91. The van der Waals surface area contributed by atoms with Gasteiger partial charge in [-0.05, 0) is 18.1 Å². The molecule has 2 aliphatic heterocycles. The molecule has 3 rings (SSSR count). The summed E-state index contributed by atoms with van der Waals surface area (Å²) in [5.74, 6) is 0.0900. The van der Waals surface area contributed by atoms with Crippen LogP contribution in [0.2, 0.25) is 0 Å². The summed E-state index contributed by atoms with van der Waals surface area (Å²) in [4.78, 5) is 14.3. The van der Waals surface area contributed by atoms with Crippen molar-refractivity contribution in [1.29, 1.82) is 0 Å². The van der Waals surface area contributed by atoms with Crippen LogP contribution in [0.15, 0.2) is 24.3 Å². The first-order valence-electron chi connectivity index (χ1n) is 6.59. The predicted octanol–water partition coefficient (Wildman–Crippen LogP) is 1.57. The maximum atomic E-state index is 12.5. The van der Waals surface area contributed by atoms with Crippen molar-refractivity contribution in [1.82, 2.24) is 0 Å². The van der Waals surface area contributed by atoms with Gasteiger partial charge in [-0.1, -0.05) is 25.1 Å². The minimum absolute atomic E-state index is 0.0128. The summed E-state index contributed by atoms with van der Waals surface area (Å²) in [6.45, 7) is 2.76. The number of nitrogens with zero attached hydrogens (tertiary/aromatic N) is 1. The number of hydrogen-bond acceptors (Lipinski definition) is 3. The van der Waals surface area contributed by atoms with E-state index in [4.69, 9.17) is 0 Å². The fourth-order valence-corrected chi connectivity index (χ4v) is 4.77. The number of carbonyl (C=O) groups is 1. The lowest BCUT2D eigenvalue weighted by Gasteiger charge is -2.20. The molecular formula is C14H17NO3S. The molecule has 1 aromatic carbocycles. The summed E-state index contributed by atoms with van der Waals surface area (Å²) in [6, 6.07) is 7.88. The summed E-state index contributed by atoms with van der Waals surface area (Å²) in [5, 5.41) is 0. The molecule has 0 radical (unpaired) electrons. The lowest BCUT2D eigenvalue weighted by molar-refractivity contribution is -0.121. The third-order valence-electron chi connectivity index (χ3n) is 4.06. The van der Waals surface area contributed by atoms with Crippen LogP contribution in [0.1, 0.15) is 24.8 Å². The van der Waals surface area contributed by atoms with E-state index in [1.807, 2.05) is 24.3 Å². The minimum Gasteiger partial charge on any atom is -0.311 e. The Bertz CT molecular complexity index is 623. The van der Waals surface area contributed by atoms with Crippen LogP contribution in [0.4, 0.5) is 5.69 Å². The number of amides is 1. The van der Waals surface area contributed by atoms with Crippen molar-refractivity contribution in [3.05, 3.63) is 29.8 Å². The molecule has 0 unspecified atom stereocenters. The van der Waals surface area contributed by atoms with Gasteiger partial charge in [0, 0.05) is 18.2 Å². The van der Waals surface area contributed by atoms with Crippen LogP contribution in [0.3, 0.4) is 0 Å². The highest BCUT2D eigenvalue weighted by Crippen LogP contribution is 2.37. The standard InChI is InChI=1S/C14H17NO3S/c1-10-8-15(13-5-3-2-4-12(10)13)14(16)11-6-7-19(17,18)9-11/h2-5,10-11H,6-9H2,1H3/t10-,11-/m0/s1. The van der Waals surface area contributed by atoms with Gasteiger partial charge >= 0.3 is 0 Å². The second kappa shape index (κ2) is 4.34. The number of para-hydroxylation sites is 1. The van der Waals surface area contributed by atoms with Gasteiger partial charge in [0.25, 0.3) is 0 Å². The van der Waals surface area contributed by atoms with Crippen molar-refractivity contribution in [3.8, 4) is 0 Å². The number of sulfone groups is 1. The Kier molecular flexibility index (Phi) is 2.89. The molecule has 0 bridgehead atoms. The maximum Gasteiger partial charge on any atom is 0.231 e. The average molecular weight is 279 g/mol. The van der Waals surface area contributed by atoms with Gasteiger partial charge in [0.2, 0.25) is 5.91 Å². The zero-order valence-electron chi connectivity index (χ0n) is 10.9. The number of rotatable bonds is 1. The Labute approximate surface area is 113 Å². The van der Waals surface area contributed by atoms with E-state index >= 15 is 0 Å². The van der Waals surface area contributed by atoms with Crippen molar-refractivity contribution in [2.45, 2.75) is 19.3 Å². The molecule has 2 aliphatic rings. The van der Waals surface area contributed by atoms with Crippen molar-refractivity contribution in [3.63, 3.8) is 0 Å². The third kappa shape index (κ3) is 2.16. The highest BCUT2D eigenvalue weighted by atomic mass is 32.2. The molecule has 0 spiro atoms. The molecule has 1 aromatic rings. The van der Waals surface area contributed by atoms with Gasteiger partial charge in [0.1, 0.15) is 0 Å². The summed E-state index contributed by atoms with van der Waals surface area (Å²) in [5.41, 5.74) is 2.13. The van der Waals surface area contributed by atoms with E-state index in [2.05, 4.69) is 6.92 Å². The first kappa shape index (κ1) is 12.7. The number of anilines is 1. The third-order valence-corrected chi connectivity index (χ3v) is 5.83. The molecule has 102 valence electrons. The van der Waals surface area contributed by atoms with Crippen LogP contribution < -0.4 is 4.90 Å². The van der Waals surface area contributed by atoms with Gasteiger partial charge in [0.15, 0.2) is 9.84 Å². The summed E-state index contributed by atoms with van der Waals surface area (Å²) >= 11 is 0. The van der Waals surface area contributed by atoms with E-state index in [1.54, 1.807) is 4.90 Å². The molecule has 0 aromatic heterocycles.